The van der Waals surface area contributed by atoms with Crippen LogP contribution in [0.15, 0.2) is 35.7 Å². The molecule has 0 saturated carbocycles. The molecule has 0 bridgehead atoms. The zero-order valence-corrected chi connectivity index (χ0v) is 9.73. The van der Waals surface area contributed by atoms with Crippen molar-refractivity contribution < 1.29 is 17.9 Å². The van der Waals surface area contributed by atoms with Gasteiger partial charge >= 0.3 is 6.36 Å². The molecule has 0 amide bonds. The van der Waals surface area contributed by atoms with Crippen molar-refractivity contribution >= 4 is 11.3 Å². The molecule has 1 aromatic heterocycles. The monoisotopic (exact) mass is 258 g/mol. The van der Waals surface area contributed by atoms with Crippen molar-refractivity contribution in [3.63, 3.8) is 0 Å². The Morgan fingerprint density at radius 1 is 1.18 bits per heavy atom. The molecule has 0 radical (unpaired) electrons. The van der Waals surface area contributed by atoms with Gasteiger partial charge in [-0.15, -0.1) is 24.5 Å². The summed E-state index contributed by atoms with van der Waals surface area (Å²) in [6.07, 6.45) is -4.64. The summed E-state index contributed by atoms with van der Waals surface area (Å²) in [4.78, 5) is 1.02. The summed E-state index contributed by atoms with van der Waals surface area (Å²) >= 11 is 1.54. The van der Waals surface area contributed by atoms with Gasteiger partial charge in [0, 0.05) is 4.88 Å². The van der Waals surface area contributed by atoms with E-state index in [1.807, 2.05) is 17.5 Å². The van der Waals surface area contributed by atoms with E-state index in [9.17, 15) is 13.2 Å². The van der Waals surface area contributed by atoms with E-state index in [0.29, 0.717) is 5.56 Å². The fourth-order valence-corrected chi connectivity index (χ4v) is 2.21. The van der Waals surface area contributed by atoms with Crippen LogP contribution in [0.3, 0.4) is 0 Å². The molecule has 0 atom stereocenters. The molecular weight excluding hydrogens is 249 g/mol. The molecule has 0 fully saturated rings. The van der Waals surface area contributed by atoms with E-state index in [1.54, 1.807) is 30.4 Å². The van der Waals surface area contributed by atoms with Crippen LogP contribution in [0.4, 0.5) is 13.2 Å². The van der Waals surface area contributed by atoms with Crippen LogP contribution in [0.1, 0.15) is 5.56 Å². The first-order chi connectivity index (χ1) is 7.96. The largest absolute Gasteiger partial charge is 0.573 e. The lowest BCUT2D eigenvalue weighted by atomic mass is 10.1. The van der Waals surface area contributed by atoms with Gasteiger partial charge in [0.05, 0.1) is 0 Å². The second kappa shape index (κ2) is 4.41. The third-order valence-electron chi connectivity index (χ3n) is 2.21. The van der Waals surface area contributed by atoms with Crippen LogP contribution in [-0.4, -0.2) is 6.36 Å². The highest BCUT2D eigenvalue weighted by Crippen LogP contribution is 2.31. The SMILES string of the molecule is Cc1cc(-c2cccs2)ccc1OC(F)(F)F. The van der Waals surface area contributed by atoms with Crippen molar-refractivity contribution in [2.75, 3.05) is 0 Å². The minimum absolute atomic E-state index is 0.155. The van der Waals surface area contributed by atoms with Gasteiger partial charge in [0.25, 0.3) is 0 Å². The van der Waals surface area contributed by atoms with E-state index < -0.39 is 6.36 Å². The predicted octanol–water partition coefficient (Wildman–Crippen LogP) is 4.62. The summed E-state index contributed by atoms with van der Waals surface area (Å²) < 4.78 is 40.1. The topological polar surface area (TPSA) is 9.23 Å². The van der Waals surface area contributed by atoms with Gasteiger partial charge in [-0.25, -0.2) is 0 Å². The van der Waals surface area contributed by atoms with Crippen molar-refractivity contribution in [2.45, 2.75) is 13.3 Å². The van der Waals surface area contributed by atoms with Gasteiger partial charge in [-0.3, -0.25) is 0 Å². The van der Waals surface area contributed by atoms with Crippen LogP contribution in [0.2, 0.25) is 0 Å². The molecule has 0 aliphatic carbocycles. The molecule has 2 rings (SSSR count). The average molecular weight is 258 g/mol. The lowest BCUT2D eigenvalue weighted by Gasteiger charge is -2.11. The Kier molecular flexibility index (Phi) is 3.11. The summed E-state index contributed by atoms with van der Waals surface area (Å²) in [5.41, 5.74) is 1.36. The summed E-state index contributed by atoms with van der Waals surface area (Å²) in [6.45, 7) is 1.60. The molecule has 0 aliphatic heterocycles. The second-order valence-corrected chi connectivity index (χ2v) is 4.45. The molecule has 17 heavy (non-hydrogen) atoms. The first kappa shape index (κ1) is 12.0. The molecule has 0 unspecified atom stereocenters. The number of hydrogen-bond donors (Lipinski definition) is 0. The van der Waals surface area contributed by atoms with Crippen LogP contribution < -0.4 is 4.74 Å². The number of ether oxygens (including phenoxy) is 1. The van der Waals surface area contributed by atoms with Crippen molar-refractivity contribution in [1.29, 1.82) is 0 Å². The van der Waals surface area contributed by atoms with Crippen molar-refractivity contribution in [2.24, 2.45) is 0 Å². The van der Waals surface area contributed by atoms with Gasteiger partial charge in [-0.2, -0.15) is 0 Å². The Bertz CT molecular complexity index is 503. The lowest BCUT2D eigenvalue weighted by Crippen LogP contribution is -2.17. The number of thiophene rings is 1. The van der Waals surface area contributed by atoms with Gasteiger partial charge in [0.2, 0.25) is 0 Å². The Balaban J connectivity index is 2.29. The first-order valence-electron chi connectivity index (χ1n) is 4.86. The second-order valence-electron chi connectivity index (χ2n) is 3.51. The van der Waals surface area contributed by atoms with Crippen LogP contribution in [0.5, 0.6) is 5.75 Å². The summed E-state index contributed by atoms with van der Waals surface area (Å²) in [5, 5.41) is 1.92. The summed E-state index contributed by atoms with van der Waals surface area (Å²) in [6, 6.07) is 8.48. The summed E-state index contributed by atoms with van der Waals surface area (Å²) in [7, 11) is 0. The maximum atomic E-state index is 12.1. The zero-order valence-electron chi connectivity index (χ0n) is 8.91. The third kappa shape index (κ3) is 3.00. The number of rotatable bonds is 2. The minimum atomic E-state index is -4.64. The molecule has 1 aromatic carbocycles. The van der Waals surface area contributed by atoms with E-state index in [-0.39, 0.29) is 5.75 Å². The maximum absolute atomic E-state index is 12.1. The molecule has 90 valence electrons. The third-order valence-corrected chi connectivity index (χ3v) is 3.13. The van der Waals surface area contributed by atoms with Crippen LogP contribution in [0, 0.1) is 6.92 Å². The average Bonchev–Trinajstić information content (AvgIpc) is 2.72. The molecular formula is C12H9F3OS. The van der Waals surface area contributed by atoms with E-state index in [2.05, 4.69) is 4.74 Å². The Hall–Kier alpha value is -1.49. The number of hydrogen-bond acceptors (Lipinski definition) is 2. The number of halogens is 3. The Morgan fingerprint density at radius 3 is 2.47 bits per heavy atom. The zero-order chi connectivity index (χ0) is 12.5. The summed E-state index contributed by atoms with van der Waals surface area (Å²) in [5.74, 6) is -0.155. The maximum Gasteiger partial charge on any atom is 0.573 e. The molecule has 0 saturated heterocycles. The van der Waals surface area contributed by atoms with Crippen LogP contribution in [-0.2, 0) is 0 Å². The van der Waals surface area contributed by atoms with E-state index >= 15 is 0 Å². The fourth-order valence-electron chi connectivity index (χ4n) is 1.48. The number of benzene rings is 1. The van der Waals surface area contributed by atoms with Crippen LogP contribution in [0.25, 0.3) is 10.4 Å². The highest BCUT2D eigenvalue weighted by atomic mass is 32.1. The van der Waals surface area contributed by atoms with Crippen LogP contribution >= 0.6 is 11.3 Å². The van der Waals surface area contributed by atoms with E-state index in [1.165, 1.54) is 6.07 Å². The fraction of sp³-hybridized carbons (Fsp3) is 0.167. The molecule has 0 aliphatic rings. The molecule has 2 aromatic rings. The van der Waals surface area contributed by atoms with Gasteiger partial charge in [0.15, 0.2) is 0 Å². The lowest BCUT2D eigenvalue weighted by molar-refractivity contribution is -0.274. The normalized spacial score (nSPS) is 11.5. The smallest absolute Gasteiger partial charge is 0.406 e. The molecule has 1 nitrogen and oxygen atoms in total. The minimum Gasteiger partial charge on any atom is -0.406 e. The molecule has 0 N–H and O–H groups in total. The Labute approximate surface area is 100 Å². The number of aryl methyl sites for hydroxylation is 1. The predicted molar refractivity (Wildman–Crippen MR) is 61.2 cm³/mol. The molecule has 1 heterocycles. The van der Waals surface area contributed by atoms with Crippen molar-refractivity contribution in [1.82, 2.24) is 0 Å². The van der Waals surface area contributed by atoms with Gasteiger partial charge < -0.3 is 4.74 Å². The van der Waals surface area contributed by atoms with Gasteiger partial charge in [-0.05, 0) is 47.7 Å². The van der Waals surface area contributed by atoms with Gasteiger partial charge in [0.1, 0.15) is 5.75 Å². The standard InChI is InChI=1S/C12H9F3OS/c1-8-7-9(11-3-2-6-17-11)4-5-10(8)16-12(13,14)15/h2-7H,1H3. The Morgan fingerprint density at radius 2 is 1.94 bits per heavy atom. The highest BCUT2D eigenvalue weighted by Gasteiger charge is 2.31. The van der Waals surface area contributed by atoms with Crippen molar-refractivity contribution in [3.8, 4) is 16.2 Å². The molecule has 0 spiro atoms. The van der Waals surface area contributed by atoms with Gasteiger partial charge in [-0.1, -0.05) is 6.07 Å². The van der Waals surface area contributed by atoms with E-state index in [4.69, 9.17) is 0 Å². The highest BCUT2D eigenvalue weighted by molar-refractivity contribution is 7.13. The van der Waals surface area contributed by atoms with Crippen molar-refractivity contribution in [3.05, 3.63) is 41.3 Å². The number of alkyl halides is 3. The first-order valence-corrected chi connectivity index (χ1v) is 5.74. The van der Waals surface area contributed by atoms with E-state index in [0.717, 1.165) is 10.4 Å². The quantitative estimate of drug-likeness (QED) is 0.763. The molecule has 5 heteroatoms.